The summed E-state index contributed by atoms with van der Waals surface area (Å²) in [5, 5.41) is 5.45. The lowest BCUT2D eigenvalue weighted by molar-refractivity contribution is -0.113. The van der Waals surface area contributed by atoms with Gasteiger partial charge < -0.3 is 15.4 Å². The number of benzene rings is 3. The van der Waals surface area contributed by atoms with Gasteiger partial charge in [-0.15, -0.1) is 0 Å². The maximum atomic E-state index is 13.0. The number of methoxy groups -OCH3 is 1. The van der Waals surface area contributed by atoms with Crippen molar-refractivity contribution in [2.24, 2.45) is 0 Å². The number of hydrogen-bond acceptors (Lipinski definition) is 4. The van der Waals surface area contributed by atoms with Crippen molar-refractivity contribution in [2.45, 2.75) is 6.92 Å². The number of nitrogens with one attached hydrogen (secondary N) is 2. The average Bonchev–Trinajstić information content (AvgIpc) is 2.79. The van der Waals surface area contributed by atoms with Gasteiger partial charge in [-0.1, -0.05) is 24.3 Å². The number of hydrogen-bond donors (Lipinski definition) is 2. The second-order valence-electron chi connectivity index (χ2n) is 6.85. The van der Waals surface area contributed by atoms with Crippen molar-refractivity contribution in [2.75, 3.05) is 12.4 Å². The van der Waals surface area contributed by atoms with Crippen LogP contribution in [0.4, 0.5) is 5.69 Å². The zero-order valence-electron chi connectivity index (χ0n) is 17.5. The van der Waals surface area contributed by atoms with E-state index in [1.54, 1.807) is 86.0 Å². The fourth-order valence-electron chi connectivity index (χ4n) is 2.85. The highest BCUT2D eigenvalue weighted by Crippen LogP contribution is 2.18. The van der Waals surface area contributed by atoms with Gasteiger partial charge in [-0.25, -0.2) is 0 Å². The van der Waals surface area contributed by atoms with E-state index in [1.807, 2.05) is 0 Å². The molecule has 0 atom stereocenters. The molecule has 2 N–H and O–H groups in total. The van der Waals surface area contributed by atoms with Gasteiger partial charge in [0.05, 0.1) is 12.7 Å². The van der Waals surface area contributed by atoms with Gasteiger partial charge in [0.15, 0.2) is 5.78 Å². The third-order valence-corrected chi connectivity index (χ3v) is 5.28. The first-order valence-electron chi connectivity index (χ1n) is 9.71. The fourth-order valence-corrected chi connectivity index (χ4v) is 3.31. The number of anilines is 1. The Balaban J connectivity index is 1.88. The van der Waals surface area contributed by atoms with Gasteiger partial charge in [-0.3, -0.25) is 14.4 Å². The zero-order valence-corrected chi connectivity index (χ0v) is 19.1. The van der Waals surface area contributed by atoms with Gasteiger partial charge in [0.1, 0.15) is 11.4 Å². The molecule has 0 spiro atoms. The highest BCUT2D eigenvalue weighted by molar-refractivity contribution is 9.10. The molecule has 3 aromatic rings. The van der Waals surface area contributed by atoms with Gasteiger partial charge >= 0.3 is 0 Å². The number of Topliss-reactive ketones (excluding diaryl/α,β-unsaturated/α-hetero) is 1. The van der Waals surface area contributed by atoms with Crippen molar-refractivity contribution in [3.8, 4) is 5.75 Å². The molecule has 0 aromatic heterocycles. The molecule has 6 nitrogen and oxygen atoms in total. The van der Waals surface area contributed by atoms with Crippen LogP contribution in [0.2, 0.25) is 0 Å². The maximum absolute atomic E-state index is 13.0. The Labute approximate surface area is 194 Å². The van der Waals surface area contributed by atoms with Crippen LogP contribution in [0.25, 0.3) is 6.08 Å². The largest absolute Gasteiger partial charge is 0.497 e. The summed E-state index contributed by atoms with van der Waals surface area (Å²) in [6.45, 7) is 1.47. The maximum Gasteiger partial charge on any atom is 0.272 e. The van der Waals surface area contributed by atoms with Crippen LogP contribution in [0.5, 0.6) is 5.75 Å². The lowest BCUT2D eigenvalue weighted by atomic mass is 10.1. The molecular weight excluding hydrogens is 472 g/mol. The molecule has 0 bridgehead atoms. The van der Waals surface area contributed by atoms with Crippen LogP contribution < -0.4 is 15.4 Å². The van der Waals surface area contributed by atoms with Crippen molar-refractivity contribution in [1.82, 2.24) is 5.32 Å². The fraction of sp³-hybridized carbons (Fsp3) is 0.0800. The number of ketones is 1. The highest BCUT2D eigenvalue weighted by atomic mass is 79.9. The Hall–Kier alpha value is -3.71. The molecular formula is C25H21BrN2O4. The molecule has 0 saturated heterocycles. The van der Waals surface area contributed by atoms with Crippen LogP contribution in [0.15, 0.2) is 83.0 Å². The van der Waals surface area contributed by atoms with Crippen LogP contribution in [0.3, 0.4) is 0 Å². The van der Waals surface area contributed by atoms with Gasteiger partial charge in [0, 0.05) is 15.7 Å². The molecule has 3 rings (SSSR count). The quantitative estimate of drug-likeness (QED) is 0.356. The number of ether oxygens (including phenoxy) is 1. The van der Waals surface area contributed by atoms with E-state index in [-0.39, 0.29) is 11.5 Å². The van der Waals surface area contributed by atoms with Crippen LogP contribution in [-0.4, -0.2) is 24.7 Å². The lowest BCUT2D eigenvalue weighted by Gasteiger charge is -2.12. The second kappa shape index (κ2) is 10.5. The van der Waals surface area contributed by atoms with E-state index in [4.69, 9.17) is 4.74 Å². The van der Waals surface area contributed by atoms with Crippen molar-refractivity contribution in [3.05, 3.63) is 99.7 Å². The number of carbonyl (C=O) groups is 3. The van der Waals surface area contributed by atoms with E-state index < -0.39 is 11.8 Å². The van der Waals surface area contributed by atoms with Gasteiger partial charge in [-0.2, -0.15) is 0 Å². The van der Waals surface area contributed by atoms with Crippen LogP contribution in [0, 0.1) is 0 Å². The molecule has 0 fully saturated rings. The van der Waals surface area contributed by atoms with E-state index in [2.05, 4.69) is 26.6 Å². The minimum Gasteiger partial charge on any atom is -0.497 e. The predicted octanol–water partition coefficient (Wildman–Crippen LogP) is 5.07. The molecule has 0 aliphatic carbocycles. The minimum atomic E-state index is -0.503. The zero-order chi connectivity index (χ0) is 23.1. The van der Waals surface area contributed by atoms with Crippen LogP contribution >= 0.6 is 15.9 Å². The van der Waals surface area contributed by atoms with Crippen LogP contribution in [0.1, 0.15) is 33.2 Å². The second-order valence-corrected chi connectivity index (χ2v) is 7.71. The van der Waals surface area contributed by atoms with E-state index in [1.165, 1.54) is 6.92 Å². The van der Waals surface area contributed by atoms with Gasteiger partial charge in [0.25, 0.3) is 11.8 Å². The molecule has 32 heavy (non-hydrogen) atoms. The molecule has 0 radical (unpaired) electrons. The molecule has 2 amide bonds. The SMILES string of the molecule is COc1ccc(/C=C(\NC(=O)c2ccccc2Br)C(=O)Nc2ccc(C(C)=O)cc2)cc1. The molecule has 0 heterocycles. The standard InChI is InChI=1S/C25H21BrN2O4/c1-16(29)18-9-11-19(12-10-18)27-25(31)23(15-17-7-13-20(32-2)14-8-17)28-24(30)21-5-3-4-6-22(21)26/h3-15H,1-2H3,(H,27,31)(H,28,30)/b23-15-. The topological polar surface area (TPSA) is 84.5 Å². The lowest BCUT2D eigenvalue weighted by Crippen LogP contribution is -2.31. The number of carbonyl (C=O) groups excluding carboxylic acids is 3. The van der Waals surface area contributed by atoms with Crippen LogP contribution in [-0.2, 0) is 4.79 Å². The summed E-state index contributed by atoms with van der Waals surface area (Å²) in [4.78, 5) is 37.3. The summed E-state index contributed by atoms with van der Waals surface area (Å²) in [7, 11) is 1.57. The molecule has 7 heteroatoms. The molecule has 0 aliphatic heterocycles. The number of rotatable bonds is 7. The third-order valence-electron chi connectivity index (χ3n) is 4.59. The monoisotopic (exact) mass is 492 g/mol. The van der Waals surface area contributed by atoms with E-state index in [0.29, 0.717) is 32.6 Å². The smallest absolute Gasteiger partial charge is 0.272 e. The van der Waals surface area contributed by atoms with E-state index >= 15 is 0 Å². The molecule has 3 aromatic carbocycles. The highest BCUT2D eigenvalue weighted by Gasteiger charge is 2.17. The van der Waals surface area contributed by atoms with Crippen molar-refractivity contribution in [3.63, 3.8) is 0 Å². The normalized spacial score (nSPS) is 10.9. The van der Waals surface area contributed by atoms with Gasteiger partial charge in [-0.05, 0) is 83.0 Å². The Morgan fingerprint density at radius 1 is 0.906 bits per heavy atom. The Kier molecular flexibility index (Phi) is 7.57. The summed E-state index contributed by atoms with van der Waals surface area (Å²) in [6.07, 6.45) is 1.58. The minimum absolute atomic E-state index is 0.0616. The first-order valence-corrected chi connectivity index (χ1v) is 10.5. The van der Waals surface area contributed by atoms with Crippen molar-refractivity contribution >= 4 is 45.3 Å². The summed E-state index contributed by atoms with van der Waals surface area (Å²) < 4.78 is 5.78. The number of halogens is 1. The summed E-state index contributed by atoms with van der Waals surface area (Å²) in [6, 6.07) is 20.5. The molecule has 0 saturated carbocycles. The molecule has 0 unspecified atom stereocenters. The van der Waals surface area contributed by atoms with Crippen molar-refractivity contribution < 1.29 is 19.1 Å². The summed E-state index contributed by atoms with van der Waals surface area (Å²) in [5.74, 6) is -0.323. The molecule has 0 aliphatic rings. The van der Waals surface area contributed by atoms with Crippen molar-refractivity contribution in [1.29, 1.82) is 0 Å². The van der Waals surface area contributed by atoms with E-state index in [0.717, 1.165) is 0 Å². The summed E-state index contributed by atoms with van der Waals surface area (Å²) >= 11 is 3.36. The average molecular weight is 493 g/mol. The third kappa shape index (κ3) is 5.92. The Morgan fingerprint density at radius 2 is 1.56 bits per heavy atom. The predicted molar refractivity (Wildman–Crippen MR) is 128 cm³/mol. The Bertz CT molecular complexity index is 1170. The number of amides is 2. The molecule has 162 valence electrons. The first kappa shape index (κ1) is 23.0. The Morgan fingerprint density at radius 3 is 2.16 bits per heavy atom. The summed E-state index contributed by atoms with van der Waals surface area (Å²) in [5.41, 5.74) is 2.20. The van der Waals surface area contributed by atoms with E-state index in [9.17, 15) is 14.4 Å². The van der Waals surface area contributed by atoms with Gasteiger partial charge in [0.2, 0.25) is 0 Å². The first-order chi connectivity index (χ1) is 15.4.